The lowest BCUT2D eigenvalue weighted by atomic mass is 10.00. The molecular weight excluding hydrogens is 320 g/mol. The van der Waals surface area contributed by atoms with Crippen LogP contribution in [0.4, 0.5) is 0 Å². The van der Waals surface area contributed by atoms with Gasteiger partial charge in [-0.1, -0.05) is 101 Å². The van der Waals surface area contributed by atoms with Gasteiger partial charge in [0.05, 0.1) is 0 Å². The lowest BCUT2D eigenvalue weighted by Crippen LogP contribution is -2.67. The van der Waals surface area contributed by atoms with Crippen molar-refractivity contribution in [2.45, 2.75) is 52.0 Å². The largest absolute Gasteiger partial charge is 0.407 e. The Morgan fingerprint density at radius 2 is 1.40 bits per heavy atom. The Bertz CT molecular complexity index is 620. The fourth-order valence-electron chi connectivity index (χ4n) is 4.46. The van der Waals surface area contributed by atoms with Gasteiger partial charge in [-0.15, -0.1) is 0 Å². The first-order valence-electron chi connectivity index (χ1n) is 9.70. The summed E-state index contributed by atoms with van der Waals surface area (Å²) in [4.78, 5) is 0. The summed E-state index contributed by atoms with van der Waals surface area (Å²) < 4.78 is 7.06. The van der Waals surface area contributed by atoms with Crippen LogP contribution in [0, 0.1) is 11.8 Å². The summed E-state index contributed by atoms with van der Waals surface area (Å²) in [5.74, 6) is 1.50. The second kappa shape index (κ2) is 7.47. The van der Waals surface area contributed by atoms with E-state index in [1.165, 1.54) is 29.6 Å². The molecule has 134 valence electrons. The molecule has 0 saturated heterocycles. The van der Waals surface area contributed by atoms with E-state index in [9.17, 15) is 0 Å². The minimum atomic E-state index is -2.35. The molecule has 1 aliphatic carbocycles. The van der Waals surface area contributed by atoms with Crippen molar-refractivity contribution in [1.82, 2.24) is 0 Å². The van der Waals surface area contributed by atoms with E-state index in [0.717, 1.165) is 12.5 Å². The summed E-state index contributed by atoms with van der Waals surface area (Å²) in [6.45, 7) is 10.4. The highest BCUT2D eigenvalue weighted by Gasteiger charge is 2.50. The topological polar surface area (TPSA) is 9.23 Å². The maximum absolute atomic E-state index is 7.06. The van der Waals surface area contributed by atoms with Crippen LogP contribution in [0.3, 0.4) is 0 Å². The molecule has 0 radical (unpaired) electrons. The molecule has 0 bridgehead atoms. The normalized spacial score (nSPS) is 21.4. The summed E-state index contributed by atoms with van der Waals surface area (Å²) >= 11 is 0. The van der Waals surface area contributed by atoms with E-state index >= 15 is 0 Å². The first kappa shape index (κ1) is 18.4. The van der Waals surface area contributed by atoms with Gasteiger partial charge in [0.2, 0.25) is 0 Å². The van der Waals surface area contributed by atoms with Crippen LogP contribution in [0.25, 0.3) is 0 Å². The van der Waals surface area contributed by atoms with Gasteiger partial charge in [-0.3, -0.25) is 0 Å². The van der Waals surface area contributed by atoms with Crippen LogP contribution < -0.4 is 10.4 Å². The van der Waals surface area contributed by atoms with Gasteiger partial charge in [0.1, 0.15) is 0 Å². The van der Waals surface area contributed by atoms with Crippen LogP contribution in [-0.2, 0) is 4.43 Å². The molecule has 1 fully saturated rings. The van der Waals surface area contributed by atoms with Crippen molar-refractivity contribution in [3.63, 3.8) is 0 Å². The second-order valence-electron chi connectivity index (χ2n) is 8.64. The number of hydrogen-bond acceptors (Lipinski definition) is 1. The van der Waals surface area contributed by atoms with E-state index in [4.69, 9.17) is 4.43 Å². The van der Waals surface area contributed by atoms with Gasteiger partial charge in [0.25, 0.3) is 8.32 Å². The van der Waals surface area contributed by atoms with E-state index in [2.05, 4.69) is 88.4 Å². The van der Waals surface area contributed by atoms with Crippen LogP contribution in [0.1, 0.15) is 47.0 Å². The standard InChI is InChI=1S/C23H32OSi/c1-19-12-11-13-20(19)18-24-25(23(2,3)4,21-14-7-5-8-15-21)22-16-9-6-10-17-22/h5-10,14-17,19-20H,11-13,18H2,1-4H3. The lowest BCUT2D eigenvalue weighted by Gasteiger charge is -2.43. The first-order valence-corrected chi connectivity index (χ1v) is 11.6. The molecule has 1 aliphatic rings. The van der Waals surface area contributed by atoms with Crippen LogP contribution >= 0.6 is 0 Å². The summed E-state index contributed by atoms with van der Waals surface area (Å²) in [5, 5.41) is 2.86. The molecule has 3 rings (SSSR count). The maximum atomic E-state index is 7.06. The molecule has 2 atom stereocenters. The van der Waals surface area contributed by atoms with Crippen molar-refractivity contribution in [2.24, 2.45) is 11.8 Å². The van der Waals surface area contributed by atoms with Crippen molar-refractivity contribution in [2.75, 3.05) is 6.61 Å². The van der Waals surface area contributed by atoms with Crippen molar-refractivity contribution in [1.29, 1.82) is 0 Å². The Hall–Kier alpha value is -1.38. The molecular formula is C23H32OSi. The minimum Gasteiger partial charge on any atom is -0.407 e. The smallest absolute Gasteiger partial charge is 0.261 e. The summed E-state index contributed by atoms with van der Waals surface area (Å²) in [6.07, 6.45) is 4.03. The number of rotatable bonds is 5. The van der Waals surface area contributed by atoms with Crippen molar-refractivity contribution < 1.29 is 4.43 Å². The van der Waals surface area contributed by atoms with Gasteiger partial charge in [-0.05, 0) is 33.7 Å². The van der Waals surface area contributed by atoms with E-state index in [1.54, 1.807) is 0 Å². The molecule has 1 nitrogen and oxygen atoms in total. The summed E-state index contributed by atoms with van der Waals surface area (Å²) in [7, 11) is -2.35. The molecule has 0 heterocycles. The highest BCUT2D eigenvalue weighted by Crippen LogP contribution is 2.39. The zero-order valence-electron chi connectivity index (χ0n) is 16.2. The summed E-state index contributed by atoms with van der Waals surface area (Å²) in [6, 6.07) is 22.0. The predicted octanol–water partition coefficient (Wildman–Crippen LogP) is 5.00. The monoisotopic (exact) mass is 352 g/mol. The van der Waals surface area contributed by atoms with Crippen molar-refractivity contribution >= 4 is 18.7 Å². The van der Waals surface area contributed by atoms with Crippen LogP contribution in [0.15, 0.2) is 60.7 Å². The third kappa shape index (κ3) is 3.61. The SMILES string of the molecule is CC1CCCC1CO[Si](c1ccccc1)(c1ccccc1)C(C)(C)C. The average Bonchev–Trinajstić information content (AvgIpc) is 3.01. The summed E-state index contributed by atoms with van der Waals surface area (Å²) in [5.41, 5.74) is 0. The number of benzene rings is 2. The third-order valence-corrected chi connectivity index (χ3v) is 11.0. The molecule has 2 aromatic carbocycles. The Balaban J connectivity index is 2.05. The van der Waals surface area contributed by atoms with Gasteiger partial charge in [0.15, 0.2) is 0 Å². The highest BCUT2D eigenvalue weighted by molar-refractivity contribution is 6.99. The predicted molar refractivity (Wildman–Crippen MR) is 110 cm³/mol. The zero-order valence-corrected chi connectivity index (χ0v) is 17.2. The quantitative estimate of drug-likeness (QED) is 0.688. The Morgan fingerprint density at radius 1 is 0.880 bits per heavy atom. The van der Waals surface area contributed by atoms with E-state index < -0.39 is 8.32 Å². The Kier molecular flexibility index (Phi) is 5.50. The Morgan fingerprint density at radius 3 is 1.80 bits per heavy atom. The molecule has 2 unspecified atom stereocenters. The minimum absolute atomic E-state index is 0.0809. The van der Waals surface area contributed by atoms with Gasteiger partial charge in [-0.25, -0.2) is 0 Å². The van der Waals surface area contributed by atoms with Crippen LogP contribution in [0.2, 0.25) is 5.04 Å². The molecule has 1 saturated carbocycles. The Labute approximate surface area is 154 Å². The van der Waals surface area contributed by atoms with Crippen molar-refractivity contribution in [3.8, 4) is 0 Å². The van der Waals surface area contributed by atoms with Gasteiger partial charge < -0.3 is 4.43 Å². The van der Waals surface area contributed by atoms with Gasteiger partial charge in [-0.2, -0.15) is 0 Å². The molecule has 25 heavy (non-hydrogen) atoms. The third-order valence-electron chi connectivity index (χ3n) is 5.97. The van der Waals surface area contributed by atoms with Crippen LogP contribution in [0.5, 0.6) is 0 Å². The molecule has 0 amide bonds. The molecule has 2 heteroatoms. The molecule has 0 spiro atoms. The van der Waals surface area contributed by atoms with Crippen LogP contribution in [-0.4, -0.2) is 14.9 Å². The molecule has 2 aromatic rings. The van der Waals surface area contributed by atoms with E-state index in [-0.39, 0.29) is 5.04 Å². The first-order chi connectivity index (χ1) is 11.9. The molecule has 0 N–H and O–H groups in total. The molecule has 0 aliphatic heterocycles. The second-order valence-corrected chi connectivity index (χ2v) is 12.9. The zero-order chi connectivity index (χ0) is 17.9. The average molecular weight is 353 g/mol. The number of hydrogen-bond donors (Lipinski definition) is 0. The highest BCUT2D eigenvalue weighted by atomic mass is 28.4. The van der Waals surface area contributed by atoms with Gasteiger partial charge >= 0.3 is 0 Å². The van der Waals surface area contributed by atoms with E-state index in [0.29, 0.717) is 5.92 Å². The fourth-order valence-corrected chi connectivity index (χ4v) is 9.08. The van der Waals surface area contributed by atoms with E-state index in [1.807, 2.05) is 0 Å². The maximum Gasteiger partial charge on any atom is 0.261 e. The fraction of sp³-hybridized carbons (Fsp3) is 0.478. The lowest BCUT2D eigenvalue weighted by molar-refractivity contribution is 0.210. The molecule has 0 aromatic heterocycles. The van der Waals surface area contributed by atoms with Gasteiger partial charge in [0, 0.05) is 6.61 Å². The van der Waals surface area contributed by atoms with Crippen molar-refractivity contribution in [3.05, 3.63) is 60.7 Å².